The molecule has 1 aromatic rings. The van der Waals surface area contributed by atoms with Gasteiger partial charge in [-0.25, -0.2) is 13.1 Å². The minimum atomic E-state index is -4.95. The highest BCUT2D eigenvalue weighted by Gasteiger charge is 2.60. The summed E-state index contributed by atoms with van der Waals surface area (Å²) in [6.45, 7) is -0.0444. The number of benzene rings is 1. The fourth-order valence-corrected chi connectivity index (χ4v) is 7.80. The molecule has 0 aromatic heterocycles. The third kappa shape index (κ3) is 3.91. The van der Waals surface area contributed by atoms with E-state index in [9.17, 15) is 18.3 Å². The molecule has 2 N–H and O–H groups in total. The zero-order chi connectivity index (χ0) is 21.9. The van der Waals surface area contributed by atoms with Crippen molar-refractivity contribution in [1.29, 1.82) is 0 Å². The zero-order valence-electron chi connectivity index (χ0n) is 17.5. The number of alkyl halides is 1. The van der Waals surface area contributed by atoms with Crippen LogP contribution >= 0.6 is 0 Å². The van der Waals surface area contributed by atoms with Crippen molar-refractivity contribution in [2.45, 2.75) is 62.7 Å². The number of carbonyl (C=O) groups excluding carboxylic acids is 1. The first kappa shape index (κ1) is 21.3. The van der Waals surface area contributed by atoms with Crippen LogP contribution < -0.4 is 4.72 Å². The van der Waals surface area contributed by atoms with Crippen LogP contribution in [0.15, 0.2) is 30.3 Å². The van der Waals surface area contributed by atoms with Gasteiger partial charge in [0.2, 0.25) is 0 Å². The maximum Gasteiger partial charge on any atom is 0.356 e. The van der Waals surface area contributed by atoms with Gasteiger partial charge in [-0.05, 0) is 92.6 Å². The Morgan fingerprint density at radius 3 is 2.19 bits per heavy atom. The van der Waals surface area contributed by atoms with Crippen LogP contribution in [0.25, 0.3) is 0 Å². The molecule has 0 aliphatic heterocycles. The lowest BCUT2D eigenvalue weighted by atomic mass is 9.50. The van der Waals surface area contributed by atoms with Gasteiger partial charge in [0.05, 0.1) is 6.61 Å². The molecule has 0 spiro atoms. The molecule has 170 valence electrons. The lowest BCUT2D eigenvalue weighted by molar-refractivity contribution is -0.194. The SMILES string of the molecule is O=C(NS(=O)(=O)C(F)(OCC12CC3CC(CC(C3)C1)C2)C(O)C1CC1)c1ccccc1. The van der Waals surface area contributed by atoms with Crippen LogP contribution in [0.5, 0.6) is 0 Å². The van der Waals surface area contributed by atoms with Crippen molar-refractivity contribution in [2.75, 3.05) is 6.61 Å². The summed E-state index contributed by atoms with van der Waals surface area (Å²) in [6.07, 6.45) is 5.62. The predicted molar refractivity (Wildman–Crippen MR) is 112 cm³/mol. The predicted octanol–water partition coefficient (Wildman–Crippen LogP) is 3.37. The molecule has 5 saturated carbocycles. The normalized spacial score (nSPS) is 34.8. The van der Waals surface area contributed by atoms with Crippen LogP contribution in [0.1, 0.15) is 61.7 Å². The molecule has 1 aromatic carbocycles. The van der Waals surface area contributed by atoms with E-state index in [1.165, 1.54) is 31.4 Å². The first-order chi connectivity index (χ1) is 14.7. The second-order valence-corrected chi connectivity index (χ2v) is 12.1. The smallest absolute Gasteiger partial charge is 0.356 e. The van der Waals surface area contributed by atoms with E-state index < -0.39 is 33.1 Å². The van der Waals surface area contributed by atoms with Gasteiger partial charge in [0.25, 0.3) is 15.9 Å². The van der Waals surface area contributed by atoms with Gasteiger partial charge < -0.3 is 9.84 Å². The lowest BCUT2D eigenvalue weighted by Gasteiger charge is -2.57. The molecule has 8 heteroatoms. The number of ether oxygens (including phenoxy) is 1. The van der Waals surface area contributed by atoms with Crippen molar-refractivity contribution >= 4 is 15.9 Å². The average molecular weight is 452 g/mol. The van der Waals surface area contributed by atoms with Gasteiger partial charge in [0.1, 0.15) is 6.10 Å². The van der Waals surface area contributed by atoms with E-state index in [1.54, 1.807) is 18.2 Å². The molecular formula is C23H30FNO5S. The highest BCUT2D eigenvalue weighted by Crippen LogP contribution is 2.60. The fraction of sp³-hybridized carbons (Fsp3) is 0.696. The summed E-state index contributed by atoms with van der Waals surface area (Å²) in [6, 6.07) is 7.76. The Morgan fingerprint density at radius 1 is 1.13 bits per heavy atom. The van der Waals surface area contributed by atoms with E-state index in [2.05, 4.69) is 0 Å². The van der Waals surface area contributed by atoms with Crippen molar-refractivity contribution in [2.24, 2.45) is 29.1 Å². The summed E-state index contributed by atoms with van der Waals surface area (Å²) in [5, 5.41) is 7.25. The molecule has 1 amide bonds. The van der Waals surface area contributed by atoms with E-state index in [1.807, 2.05) is 4.72 Å². The number of halogens is 1. The first-order valence-corrected chi connectivity index (χ1v) is 12.8. The lowest BCUT2D eigenvalue weighted by Crippen LogP contribution is -2.57. The number of sulfonamides is 1. The topological polar surface area (TPSA) is 92.7 Å². The van der Waals surface area contributed by atoms with E-state index >= 15 is 4.39 Å². The fourth-order valence-electron chi connectivity index (χ4n) is 6.57. The maximum absolute atomic E-state index is 16.1. The Balaban J connectivity index is 1.37. The van der Waals surface area contributed by atoms with Crippen LogP contribution in [0.2, 0.25) is 0 Å². The molecular weight excluding hydrogens is 421 g/mol. The summed E-state index contributed by atoms with van der Waals surface area (Å²) >= 11 is 0. The average Bonchev–Trinajstić information content (AvgIpc) is 3.56. The van der Waals surface area contributed by atoms with Crippen molar-refractivity contribution < 1.29 is 27.4 Å². The standard InChI is InChI=1S/C23H30FNO5S/c24-23(20(26)18-6-7-18,31(28,29)25-21(27)19-4-2-1-3-5-19)30-14-22-11-15-8-16(12-22)10-17(9-15)13-22/h1-5,15-18,20,26H,6-14H2,(H,25,27). The summed E-state index contributed by atoms with van der Waals surface area (Å²) < 4.78 is 49.6. The monoisotopic (exact) mass is 451 g/mol. The van der Waals surface area contributed by atoms with Crippen molar-refractivity contribution in [3.05, 3.63) is 35.9 Å². The Hall–Kier alpha value is -1.51. The van der Waals surface area contributed by atoms with Gasteiger partial charge in [0, 0.05) is 5.56 Å². The zero-order valence-corrected chi connectivity index (χ0v) is 18.3. The van der Waals surface area contributed by atoms with Crippen molar-refractivity contribution in [3.63, 3.8) is 0 Å². The Labute approximate surface area is 182 Å². The number of amides is 1. The van der Waals surface area contributed by atoms with Gasteiger partial charge >= 0.3 is 5.19 Å². The van der Waals surface area contributed by atoms with Crippen LogP contribution in [0.3, 0.4) is 0 Å². The van der Waals surface area contributed by atoms with Crippen LogP contribution in [0.4, 0.5) is 4.39 Å². The summed E-state index contributed by atoms with van der Waals surface area (Å²) in [5.74, 6) is 0.388. The van der Waals surface area contributed by atoms with Gasteiger partial charge in [0.15, 0.2) is 0 Å². The summed E-state index contributed by atoms with van der Waals surface area (Å²) in [7, 11) is -4.95. The number of nitrogens with one attached hydrogen (secondary N) is 1. The Morgan fingerprint density at radius 2 is 1.68 bits per heavy atom. The molecule has 31 heavy (non-hydrogen) atoms. The number of aliphatic hydroxyl groups is 1. The number of carbonyl (C=O) groups is 1. The minimum Gasteiger partial charge on any atom is -0.386 e. The summed E-state index contributed by atoms with van der Waals surface area (Å²) in [4.78, 5) is 12.4. The molecule has 0 radical (unpaired) electrons. The quantitative estimate of drug-likeness (QED) is 0.632. The molecule has 0 heterocycles. The summed E-state index contributed by atoms with van der Waals surface area (Å²) in [5.41, 5.74) is -0.135. The Kier molecular flexibility index (Phi) is 5.18. The van der Waals surface area contributed by atoms with Crippen molar-refractivity contribution in [1.82, 2.24) is 4.72 Å². The second kappa shape index (κ2) is 7.52. The van der Waals surface area contributed by atoms with Crippen LogP contribution in [-0.4, -0.2) is 37.3 Å². The van der Waals surface area contributed by atoms with Gasteiger partial charge in [-0.1, -0.05) is 18.2 Å². The van der Waals surface area contributed by atoms with Gasteiger partial charge in [-0.2, -0.15) is 4.39 Å². The molecule has 6 nitrogen and oxygen atoms in total. The first-order valence-electron chi connectivity index (χ1n) is 11.3. The highest BCUT2D eigenvalue weighted by atomic mass is 32.2. The minimum absolute atomic E-state index is 0.0444. The van der Waals surface area contributed by atoms with E-state index in [-0.39, 0.29) is 17.6 Å². The van der Waals surface area contributed by atoms with Crippen molar-refractivity contribution in [3.8, 4) is 0 Å². The molecule has 0 saturated heterocycles. The van der Waals surface area contributed by atoms with Gasteiger partial charge in [-0.3, -0.25) is 4.79 Å². The van der Waals surface area contributed by atoms with Crippen LogP contribution in [0, 0.1) is 29.1 Å². The van der Waals surface area contributed by atoms with E-state index in [4.69, 9.17) is 4.74 Å². The molecule has 5 aliphatic carbocycles. The number of aliphatic hydroxyl groups excluding tert-OH is 1. The number of rotatable bonds is 8. The maximum atomic E-state index is 16.1. The molecule has 6 rings (SSSR count). The molecule has 2 unspecified atom stereocenters. The van der Waals surface area contributed by atoms with Crippen LogP contribution in [-0.2, 0) is 14.8 Å². The number of hydrogen-bond acceptors (Lipinski definition) is 5. The molecule has 4 bridgehead atoms. The van der Waals surface area contributed by atoms with E-state index in [0.29, 0.717) is 30.6 Å². The van der Waals surface area contributed by atoms with E-state index in [0.717, 1.165) is 19.3 Å². The third-order valence-electron chi connectivity index (χ3n) is 7.79. The van der Waals surface area contributed by atoms with Gasteiger partial charge in [-0.15, -0.1) is 0 Å². The highest BCUT2D eigenvalue weighted by molar-refractivity contribution is 7.91. The second-order valence-electron chi connectivity index (χ2n) is 10.4. The number of hydrogen-bond donors (Lipinski definition) is 2. The Bertz CT molecular complexity index is 913. The molecule has 5 fully saturated rings. The molecule has 5 aliphatic rings. The third-order valence-corrected chi connectivity index (χ3v) is 9.34. The molecule has 2 atom stereocenters. The largest absolute Gasteiger partial charge is 0.386 e.